The van der Waals surface area contributed by atoms with Crippen molar-refractivity contribution in [2.45, 2.75) is 56.5 Å². The number of thiazole rings is 1. The maximum Gasteiger partial charge on any atom is 0.325 e. The topological polar surface area (TPSA) is 98.0 Å². The Morgan fingerprint density at radius 2 is 1.89 bits per heavy atom. The maximum atomic E-state index is 13.0. The Hall–Kier alpha value is -2.82. The number of ether oxygens (including phenoxy) is 1. The Morgan fingerprint density at radius 1 is 1.17 bits per heavy atom. The van der Waals surface area contributed by atoms with E-state index < -0.39 is 21.9 Å². The van der Waals surface area contributed by atoms with Crippen molar-refractivity contribution in [1.29, 1.82) is 0 Å². The fourth-order valence-electron chi connectivity index (χ4n) is 3.81. The van der Waals surface area contributed by atoms with Gasteiger partial charge in [0.1, 0.15) is 6.54 Å². The second-order valence-electron chi connectivity index (χ2n) is 8.65. The van der Waals surface area contributed by atoms with Gasteiger partial charge >= 0.3 is 5.97 Å². The summed E-state index contributed by atoms with van der Waals surface area (Å²) in [5.74, 6) is -0.955. The fraction of sp³-hybridized carbons (Fsp3) is 0.400. The highest BCUT2D eigenvalue weighted by molar-refractivity contribution is 7.89. The summed E-state index contributed by atoms with van der Waals surface area (Å²) in [6, 6.07) is 11.9. The van der Waals surface area contributed by atoms with Crippen LogP contribution < -0.4 is 4.80 Å². The Bertz CT molecular complexity index is 1420. The van der Waals surface area contributed by atoms with Crippen molar-refractivity contribution in [2.24, 2.45) is 4.99 Å². The maximum absolute atomic E-state index is 13.0. The summed E-state index contributed by atoms with van der Waals surface area (Å²) in [4.78, 5) is 29.8. The molecule has 0 spiro atoms. The lowest BCUT2D eigenvalue weighted by molar-refractivity contribution is -0.141. The normalized spacial score (nSPS) is 14.6. The lowest BCUT2D eigenvalue weighted by Gasteiger charge is -2.16. The molecular weight excluding hydrogens is 486 g/mol. The quantitative estimate of drug-likeness (QED) is 0.405. The van der Waals surface area contributed by atoms with Crippen molar-refractivity contribution in [2.75, 3.05) is 14.2 Å². The van der Waals surface area contributed by atoms with Crippen LogP contribution in [0.3, 0.4) is 0 Å². The Kier molecular flexibility index (Phi) is 7.53. The second kappa shape index (κ2) is 10.4. The summed E-state index contributed by atoms with van der Waals surface area (Å²) in [6.45, 7) is 2.07. The SMILES string of the molecule is CCCCc1ccc2c(c1)sc(=NC(=O)c1ccc(S(=O)(=O)N(C)C3CC3)cc1)n2CC(=O)OC. The van der Waals surface area contributed by atoms with E-state index in [-0.39, 0.29) is 23.0 Å². The van der Waals surface area contributed by atoms with Crippen LogP contribution in [0.15, 0.2) is 52.4 Å². The molecule has 186 valence electrons. The standard InChI is InChI=1S/C25H29N3O5S2/c1-4-5-6-17-7-14-21-22(15-17)34-25(28(21)16-23(29)33-3)26-24(30)18-8-12-20(13-9-18)35(31,32)27(2)19-10-11-19/h7-9,12-15,19H,4-6,10-11,16H2,1-3H3. The predicted molar refractivity (Wildman–Crippen MR) is 135 cm³/mol. The van der Waals surface area contributed by atoms with E-state index in [1.165, 1.54) is 52.6 Å². The number of nitrogens with zero attached hydrogens (tertiary/aromatic N) is 3. The van der Waals surface area contributed by atoms with Crippen LogP contribution in [0.5, 0.6) is 0 Å². The van der Waals surface area contributed by atoms with E-state index in [0.29, 0.717) is 4.80 Å². The highest BCUT2D eigenvalue weighted by atomic mass is 32.2. The first-order valence-electron chi connectivity index (χ1n) is 11.6. The number of rotatable bonds is 9. The number of aryl methyl sites for hydroxylation is 1. The van der Waals surface area contributed by atoms with Gasteiger partial charge < -0.3 is 9.30 Å². The van der Waals surface area contributed by atoms with Crippen LogP contribution in [0.2, 0.25) is 0 Å². The second-order valence-corrected chi connectivity index (χ2v) is 11.7. The Balaban J connectivity index is 1.67. The predicted octanol–water partition coefficient (Wildman–Crippen LogP) is 3.74. The van der Waals surface area contributed by atoms with Crippen molar-refractivity contribution < 1.29 is 22.7 Å². The van der Waals surface area contributed by atoms with E-state index in [2.05, 4.69) is 18.0 Å². The van der Waals surface area contributed by atoms with Gasteiger partial charge in [-0.2, -0.15) is 9.30 Å². The number of esters is 1. The first-order valence-corrected chi connectivity index (χ1v) is 13.9. The molecule has 1 amide bonds. The van der Waals surface area contributed by atoms with Crippen molar-refractivity contribution >= 4 is 43.5 Å². The monoisotopic (exact) mass is 515 g/mol. The van der Waals surface area contributed by atoms with Crippen LogP contribution in [0.4, 0.5) is 0 Å². The number of fused-ring (bicyclic) bond motifs is 1. The average Bonchev–Trinajstić information content (AvgIpc) is 3.66. The molecule has 1 aliphatic rings. The van der Waals surface area contributed by atoms with Crippen molar-refractivity contribution in [3.05, 3.63) is 58.4 Å². The first kappa shape index (κ1) is 25.3. The number of amides is 1. The molecular formula is C25H29N3O5S2. The molecule has 35 heavy (non-hydrogen) atoms. The molecule has 0 radical (unpaired) electrons. The van der Waals surface area contributed by atoms with Gasteiger partial charge in [0.15, 0.2) is 4.80 Å². The average molecular weight is 516 g/mol. The van der Waals surface area contributed by atoms with Crippen LogP contribution in [-0.4, -0.2) is 49.4 Å². The van der Waals surface area contributed by atoms with Crippen LogP contribution in [0.25, 0.3) is 10.2 Å². The third kappa shape index (κ3) is 5.55. The summed E-state index contributed by atoms with van der Waals surface area (Å²) in [5.41, 5.74) is 2.26. The minimum atomic E-state index is -3.59. The molecule has 1 aliphatic carbocycles. The summed E-state index contributed by atoms with van der Waals surface area (Å²) in [5, 5.41) is 0. The summed E-state index contributed by atoms with van der Waals surface area (Å²) in [6.07, 6.45) is 4.86. The fourth-order valence-corrected chi connectivity index (χ4v) is 6.31. The third-order valence-corrected chi connectivity index (χ3v) is 9.08. The van der Waals surface area contributed by atoms with Gasteiger partial charge in [0, 0.05) is 18.7 Å². The van der Waals surface area contributed by atoms with E-state index in [0.717, 1.165) is 42.3 Å². The van der Waals surface area contributed by atoms with E-state index >= 15 is 0 Å². The number of carbonyl (C=O) groups excluding carboxylic acids is 2. The number of hydrogen-bond donors (Lipinski definition) is 0. The van der Waals surface area contributed by atoms with Gasteiger partial charge in [0.05, 0.1) is 22.2 Å². The zero-order valence-electron chi connectivity index (χ0n) is 20.1. The highest BCUT2D eigenvalue weighted by Gasteiger charge is 2.35. The smallest absolute Gasteiger partial charge is 0.325 e. The van der Waals surface area contributed by atoms with E-state index in [4.69, 9.17) is 4.74 Å². The zero-order chi connectivity index (χ0) is 25.2. The van der Waals surface area contributed by atoms with Gasteiger partial charge in [-0.1, -0.05) is 30.7 Å². The third-order valence-electron chi connectivity index (χ3n) is 6.12. The van der Waals surface area contributed by atoms with Gasteiger partial charge in [-0.3, -0.25) is 9.59 Å². The molecule has 0 N–H and O–H groups in total. The van der Waals surface area contributed by atoms with Crippen molar-refractivity contribution in [3.8, 4) is 0 Å². The lowest BCUT2D eigenvalue weighted by Crippen LogP contribution is -2.28. The largest absolute Gasteiger partial charge is 0.468 e. The molecule has 8 nitrogen and oxygen atoms in total. The molecule has 0 unspecified atom stereocenters. The molecule has 2 aromatic carbocycles. The van der Waals surface area contributed by atoms with Gasteiger partial charge in [-0.15, -0.1) is 0 Å². The molecule has 0 atom stereocenters. The molecule has 0 bridgehead atoms. The number of unbranched alkanes of at least 4 members (excludes halogenated alkanes) is 1. The van der Waals surface area contributed by atoms with E-state index in [1.807, 2.05) is 12.1 Å². The number of benzene rings is 2. The van der Waals surface area contributed by atoms with Gasteiger partial charge in [0.25, 0.3) is 5.91 Å². The van der Waals surface area contributed by atoms with Crippen molar-refractivity contribution in [3.63, 3.8) is 0 Å². The molecule has 1 heterocycles. The molecule has 3 aromatic rings. The molecule has 10 heteroatoms. The van der Waals surface area contributed by atoms with Crippen LogP contribution in [0.1, 0.15) is 48.5 Å². The summed E-state index contributed by atoms with van der Waals surface area (Å²) < 4.78 is 34.3. The number of sulfonamides is 1. The molecule has 1 aromatic heterocycles. The number of hydrogen-bond acceptors (Lipinski definition) is 6. The molecule has 4 rings (SSSR count). The summed E-state index contributed by atoms with van der Waals surface area (Å²) in [7, 11) is -0.693. The molecule has 1 fully saturated rings. The Labute approximate surface area is 208 Å². The lowest BCUT2D eigenvalue weighted by atomic mass is 10.1. The van der Waals surface area contributed by atoms with Gasteiger partial charge in [0.2, 0.25) is 10.0 Å². The van der Waals surface area contributed by atoms with E-state index in [1.54, 1.807) is 11.6 Å². The molecule has 1 saturated carbocycles. The first-order chi connectivity index (χ1) is 16.7. The zero-order valence-corrected chi connectivity index (χ0v) is 21.7. The van der Waals surface area contributed by atoms with Crippen LogP contribution >= 0.6 is 11.3 Å². The van der Waals surface area contributed by atoms with Gasteiger partial charge in [-0.05, 0) is 67.6 Å². The molecule has 0 aliphatic heterocycles. The number of carbonyl (C=O) groups is 2. The van der Waals surface area contributed by atoms with E-state index in [9.17, 15) is 18.0 Å². The highest BCUT2D eigenvalue weighted by Crippen LogP contribution is 2.30. The Morgan fingerprint density at radius 3 is 2.51 bits per heavy atom. The number of aromatic nitrogens is 1. The minimum absolute atomic E-state index is 0.0528. The number of methoxy groups -OCH3 is 1. The van der Waals surface area contributed by atoms with Crippen molar-refractivity contribution in [1.82, 2.24) is 8.87 Å². The van der Waals surface area contributed by atoms with Crippen LogP contribution in [0, 0.1) is 0 Å². The van der Waals surface area contributed by atoms with Gasteiger partial charge in [-0.25, -0.2) is 8.42 Å². The summed E-state index contributed by atoms with van der Waals surface area (Å²) >= 11 is 1.33. The van der Waals surface area contributed by atoms with Crippen LogP contribution in [-0.2, 0) is 32.5 Å². The molecule has 0 saturated heterocycles. The minimum Gasteiger partial charge on any atom is -0.468 e.